The molecule has 49 heteroatoms. The van der Waals surface area contributed by atoms with Crippen LogP contribution in [0.4, 0.5) is 0 Å². The molecule has 0 saturated heterocycles. The zero-order valence-electron chi connectivity index (χ0n) is 73.5. The van der Waals surface area contributed by atoms with Crippen molar-refractivity contribution in [1.29, 1.82) is 5.41 Å². The van der Waals surface area contributed by atoms with Crippen molar-refractivity contribution in [3.8, 4) is 0 Å². The molecule has 12 atom stereocenters. The number of nitrogens with zero attached hydrogens (tertiary/aromatic N) is 8. The SMILES string of the molecule is CN[C@@H](CSC)C(=O)C[C@@H](C)C(=O)NCC(=O)C[C@H](CCCN=C(N)N)C(=O)N[C@H](CCCN=C(N)N)C(=O)C[C@H](CCCN=C(N)N)C(=O)N[C@H](CCCN=C(N)N)C(=O)C[C@H](CCCN=C(N)N)C(=O)N[C@H](CCCN=C(N)N)C(=O)C[C@H](CCCN=C(N)N)C(=O)N[C@H](CCCCC(=N)N)C(=O)C[C@H](CCCN=C(N)N)C(=O)N[C@H](CCCCN)C(N)=O. The Morgan fingerprint density at radius 3 is 0.810 bits per heavy atom. The van der Waals surface area contributed by atoms with Gasteiger partial charge in [0.05, 0.1) is 42.6 Å². The zero-order valence-corrected chi connectivity index (χ0v) is 74.3. The first kappa shape index (κ1) is 114. The van der Waals surface area contributed by atoms with Crippen molar-refractivity contribution in [3.05, 3.63) is 0 Å². The van der Waals surface area contributed by atoms with Crippen LogP contribution in [0, 0.1) is 40.9 Å². The fourth-order valence-corrected chi connectivity index (χ4v) is 14.0. The third-order valence-electron chi connectivity index (χ3n) is 20.1. The van der Waals surface area contributed by atoms with Crippen molar-refractivity contribution in [2.24, 2.45) is 184 Å². The molecule has 0 spiro atoms. The average molecular weight is 1800 g/mol. The van der Waals surface area contributed by atoms with Crippen LogP contribution < -0.4 is 146 Å². The molecular formula is C77H147N35O13S. The van der Waals surface area contributed by atoms with Gasteiger partial charge in [-0.15, -0.1) is 0 Å². The lowest BCUT2D eigenvalue weighted by Crippen LogP contribution is -2.49. The van der Waals surface area contributed by atoms with Gasteiger partial charge in [0.25, 0.3) is 0 Å². The Labute approximate surface area is 741 Å². The van der Waals surface area contributed by atoms with E-state index in [0.717, 1.165) is 0 Å². The van der Waals surface area contributed by atoms with Crippen LogP contribution in [-0.2, 0) is 62.3 Å². The highest BCUT2D eigenvalue weighted by molar-refractivity contribution is 7.98. The van der Waals surface area contributed by atoms with Crippen molar-refractivity contribution in [3.63, 3.8) is 0 Å². The molecule has 0 rings (SSSR count). The second-order valence-electron chi connectivity index (χ2n) is 30.8. The Morgan fingerprint density at radius 2 is 0.556 bits per heavy atom. The second kappa shape index (κ2) is 66.7. The molecule has 0 aromatic heterocycles. The minimum atomic E-state index is -1.46. The van der Waals surface area contributed by atoms with E-state index in [1.165, 1.54) is 11.8 Å². The number of unbranched alkanes of at least 4 members (excludes halogenated alkanes) is 2. The van der Waals surface area contributed by atoms with E-state index in [0.29, 0.717) is 31.6 Å². The lowest BCUT2D eigenvalue weighted by Gasteiger charge is -2.27. The molecule has 46 N–H and O–H groups in total. The van der Waals surface area contributed by atoms with Gasteiger partial charge in [-0.25, -0.2) is 0 Å². The number of hydrogen-bond donors (Lipinski definition) is 27. The van der Waals surface area contributed by atoms with E-state index in [4.69, 9.17) is 114 Å². The number of primary amides is 1. The highest BCUT2D eigenvalue weighted by atomic mass is 32.2. The number of hydrogen-bond acceptors (Lipinski definition) is 25. The first-order valence-electron chi connectivity index (χ1n) is 42.4. The molecule has 0 unspecified atom stereocenters. The molecule has 0 bridgehead atoms. The molecule has 0 saturated carbocycles. The molecule has 48 nitrogen and oxygen atoms in total. The molecular weight excluding hydrogens is 1660 g/mol. The number of amidine groups is 1. The summed E-state index contributed by atoms with van der Waals surface area (Å²) in [4.78, 5) is 219. The fourth-order valence-electron chi connectivity index (χ4n) is 13.3. The first-order valence-corrected chi connectivity index (χ1v) is 43.8. The van der Waals surface area contributed by atoms with Crippen LogP contribution >= 0.6 is 11.8 Å². The minimum absolute atomic E-state index is 0.000197. The van der Waals surface area contributed by atoms with Gasteiger partial charge >= 0.3 is 0 Å². The Morgan fingerprint density at radius 1 is 0.310 bits per heavy atom. The third kappa shape index (κ3) is 55.4. The maximum Gasteiger partial charge on any atom is 0.239 e. The quantitative estimate of drug-likeness (QED) is 0.0153. The molecule has 0 radical (unpaired) electrons. The van der Waals surface area contributed by atoms with Crippen LogP contribution in [0.15, 0.2) is 39.9 Å². The van der Waals surface area contributed by atoms with E-state index < -0.39 is 181 Å². The maximum absolute atomic E-state index is 15.3. The molecule has 0 heterocycles. The van der Waals surface area contributed by atoms with Crippen LogP contribution in [0.1, 0.15) is 193 Å². The second-order valence-corrected chi connectivity index (χ2v) is 31.8. The van der Waals surface area contributed by atoms with Gasteiger partial charge in [0.15, 0.2) is 82.4 Å². The Hall–Kier alpha value is -11.8. The summed E-state index contributed by atoms with van der Waals surface area (Å²) in [7, 11) is 1.63. The van der Waals surface area contributed by atoms with Gasteiger partial charge in [-0.3, -0.25) is 108 Å². The van der Waals surface area contributed by atoms with Crippen molar-refractivity contribution in [2.45, 2.75) is 229 Å². The standard InChI is InChI=1S/C77H147N35O13S/c1-44(36-57(114)56(98-2)43-126-3)64(120)107-42-50(113)37-45(16-8-28-99-70(82)83)65(121)109-52(23-13-33-104-75(92)93)59(116)39-47(18-10-30-101-72(86)87)67(123)111-54(25-15-35-106-77(96)97)61(118)40-48(19-11-31-102-73(88)89)68(124)110-53(24-14-34-105-76(94)95)60(117)38-46(17-9-29-100-71(84)85)66(122)108-51(21-4-5-26-62(79)80)58(115)41-49(20-12-32-103-74(90)91)69(125)112-55(63(81)119)22-6-7-27-78/h44-49,51-56,98H,4-43,78H2,1-3H3,(H3,79,80)(H2,81,119)(H,107,120)(H,108,122)(H,109,121)(H,110,124)(H,111,123)(H,112,125)(H4,82,83,99)(H4,84,85,100)(H4,86,87,101)(H4,88,89,102)(H4,90,91,103)(H4,92,93,104)(H4,94,95,105)(H4,96,97,106)/t44-,45+,46+,47+,48+,49+,51-,52-,53-,54-,55-,56+/m1/s1. The number of likely N-dealkylation sites (N-methyl/N-ethyl adjacent to an activating group) is 1. The summed E-state index contributed by atoms with van der Waals surface area (Å²) in [5, 5.41) is 27.2. The molecule has 0 aromatic carbocycles. The van der Waals surface area contributed by atoms with Crippen molar-refractivity contribution in [2.75, 3.05) is 84.5 Å². The number of carbonyl (C=O) groups excluding carboxylic acids is 13. The number of rotatable bonds is 75. The van der Waals surface area contributed by atoms with Gasteiger partial charge in [0, 0.05) is 139 Å². The predicted octanol–water partition coefficient (Wildman–Crippen LogP) is -7.51. The fraction of sp³-hybridized carbons (Fsp3) is 0.714. The maximum atomic E-state index is 15.3. The summed E-state index contributed by atoms with van der Waals surface area (Å²) >= 11 is 1.45. The monoisotopic (exact) mass is 1800 g/mol. The number of nitrogens with one attached hydrogen (secondary N) is 8. The summed E-state index contributed by atoms with van der Waals surface area (Å²) in [6.07, 6.45) is 0.749. The van der Waals surface area contributed by atoms with Crippen molar-refractivity contribution < 1.29 is 62.3 Å². The molecule has 0 aliphatic rings. The number of amides is 7. The molecule has 126 heavy (non-hydrogen) atoms. The van der Waals surface area contributed by atoms with E-state index in [9.17, 15) is 33.6 Å². The van der Waals surface area contributed by atoms with E-state index in [-0.39, 0.29) is 246 Å². The molecule has 0 aromatic rings. The largest absolute Gasteiger partial charge is 0.388 e. The molecule has 714 valence electrons. The molecule has 7 amide bonds. The summed E-state index contributed by atoms with van der Waals surface area (Å²) in [6.45, 7) is 1.18. The third-order valence-corrected chi connectivity index (χ3v) is 20.7. The summed E-state index contributed by atoms with van der Waals surface area (Å²) in [5.41, 5.74) is 108. The minimum Gasteiger partial charge on any atom is -0.388 e. The van der Waals surface area contributed by atoms with E-state index in [2.05, 4.69) is 77.2 Å². The van der Waals surface area contributed by atoms with Crippen LogP contribution in [0.3, 0.4) is 0 Å². The van der Waals surface area contributed by atoms with Gasteiger partial charge in [0.2, 0.25) is 41.4 Å². The number of carbonyl (C=O) groups is 13. The molecule has 0 fully saturated rings. The van der Waals surface area contributed by atoms with E-state index in [1.807, 2.05) is 6.26 Å². The smallest absolute Gasteiger partial charge is 0.239 e. The Bertz CT molecular complexity index is 3680. The van der Waals surface area contributed by atoms with Gasteiger partial charge in [-0.2, -0.15) is 11.8 Å². The zero-order chi connectivity index (χ0) is 95.2. The number of guanidine groups is 8. The van der Waals surface area contributed by atoms with Gasteiger partial charge < -0.3 is 146 Å². The van der Waals surface area contributed by atoms with Gasteiger partial charge in [0.1, 0.15) is 6.04 Å². The Balaban J connectivity index is 8.17. The summed E-state index contributed by atoms with van der Waals surface area (Å²) in [6, 6.07) is -7.24. The van der Waals surface area contributed by atoms with Gasteiger partial charge in [-0.1, -0.05) is 13.3 Å². The van der Waals surface area contributed by atoms with Crippen molar-refractivity contribution >= 4 is 141 Å². The number of aliphatic imine (C=N–C) groups is 8. The van der Waals surface area contributed by atoms with E-state index in [1.54, 1.807) is 14.0 Å². The normalized spacial score (nSPS) is 13.8. The number of ketones is 6. The summed E-state index contributed by atoms with van der Waals surface area (Å²) < 4.78 is 0. The van der Waals surface area contributed by atoms with Gasteiger partial charge in [-0.05, 0) is 155 Å². The topological polar surface area (TPSA) is 923 Å². The van der Waals surface area contributed by atoms with Crippen molar-refractivity contribution in [1.82, 2.24) is 37.2 Å². The van der Waals surface area contributed by atoms with E-state index >= 15 is 28.8 Å². The number of nitrogens with two attached hydrogens (primary N) is 19. The highest BCUT2D eigenvalue weighted by Crippen LogP contribution is 2.25. The van der Waals surface area contributed by atoms with Crippen LogP contribution in [0.2, 0.25) is 0 Å². The predicted molar refractivity (Wildman–Crippen MR) is 490 cm³/mol. The Kier molecular flexibility index (Phi) is 60.4. The molecule has 0 aliphatic carbocycles. The average Bonchev–Trinajstić information content (AvgIpc) is 0.848. The lowest BCUT2D eigenvalue weighted by molar-refractivity contribution is -0.136. The number of thioether (sulfide) groups is 1. The number of Topliss-reactive ketones (excluding diaryl/α,β-unsaturated/α-hetero) is 6. The van der Waals surface area contributed by atoms with Crippen LogP contribution in [0.25, 0.3) is 0 Å². The molecule has 0 aliphatic heterocycles. The highest BCUT2D eigenvalue weighted by Gasteiger charge is 2.37. The van der Waals surface area contributed by atoms with Crippen LogP contribution in [-0.4, -0.2) is 250 Å². The first-order chi connectivity index (χ1) is 59.5. The lowest BCUT2D eigenvalue weighted by atomic mass is 9.88. The summed E-state index contributed by atoms with van der Waals surface area (Å²) in [5.74, 6) is -17.8. The van der Waals surface area contributed by atoms with Crippen LogP contribution in [0.5, 0.6) is 0 Å².